The lowest BCUT2D eigenvalue weighted by atomic mass is 10.1. The van der Waals surface area contributed by atoms with Crippen LogP contribution < -0.4 is 5.43 Å². The Labute approximate surface area is 113 Å². The van der Waals surface area contributed by atoms with Gasteiger partial charge in [0.05, 0.1) is 12.6 Å². The molecule has 2 amide bonds. The summed E-state index contributed by atoms with van der Waals surface area (Å²) in [4.78, 5) is 23.9. The molecule has 0 saturated carbocycles. The third-order valence-electron chi connectivity index (χ3n) is 2.63. The summed E-state index contributed by atoms with van der Waals surface area (Å²) in [6, 6.07) is 7.19. The fourth-order valence-electron chi connectivity index (χ4n) is 1.57. The van der Waals surface area contributed by atoms with E-state index in [1.807, 2.05) is 39.8 Å². The highest BCUT2D eigenvalue weighted by Gasteiger charge is 2.29. The summed E-state index contributed by atoms with van der Waals surface area (Å²) >= 11 is 0. The monoisotopic (exact) mass is 264 g/mol. The van der Waals surface area contributed by atoms with Gasteiger partial charge in [-0.2, -0.15) is 0 Å². The van der Waals surface area contributed by atoms with Crippen molar-refractivity contribution in [1.82, 2.24) is 10.4 Å². The molecule has 0 aliphatic carbocycles. The number of benzene rings is 1. The Morgan fingerprint density at radius 2 is 1.79 bits per heavy atom. The van der Waals surface area contributed by atoms with E-state index >= 15 is 0 Å². The van der Waals surface area contributed by atoms with Crippen molar-refractivity contribution in [2.75, 3.05) is 7.11 Å². The van der Waals surface area contributed by atoms with Gasteiger partial charge in [-0.25, -0.2) is 9.80 Å². The van der Waals surface area contributed by atoms with Gasteiger partial charge in [-0.1, -0.05) is 18.2 Å². The van der Waals surface area contributed by atoms with E-state index in [9.17, 15) is 9.59 Å². The first-order valence-electron chi connectivity index (χ1n) is 6.02. The molecule has 0 aliphatic rings. The zero-order valence-corrected chi connectivity index (χ0v) is 12.0. The molecule has 19 heavy (non-hydrogen) atoms. The van der Waals surface area contributed by atoms with E-state index in [4.69, 9.17) is 0 Å². The second-order valence-corrected chi connectivity index (χ2v) is 5.23. The Kier molecular flexibility index (Phi) is 4.53. The van der Waals surface area contributed by atoms with Crippen LogP contribution >= 0.6 is 0 Å². The Balaban J connectivity index is 2.95. The van der Waals surface area contributed by atoms with E-state index in [1.165, 1.54) is 12.1 Å². The number of rotatable bonds is 1. The minimum absolute atomic E-state index is 0.335. The number of aryl methyl sites for hydroxylation is 1. The molecular weight excluding hydrogens is 244 g/mol. The van der Waals surface area contributed by atoms with Gasteiger partial charge in [0.1, 0.15) is 0 Å². The maximum Gasteiger partial charge on any atom is 0.428 e. The molecule has 0 atom stereocenters. The fourth-order valence-corrected chi connectivity index (χ4v) is 1.57. The van der Waals surface area contributed by atoms with Gasteiger partial charge in [-0.3, -0.25) is 10.2 Å². The molecule has 0 unspecified atom stereocenters. The molecule has 0 saturated heterocycles. The predicted octanol–water partition coefficient (Wildman–Crippen LogP) is 2.51. The number of hydrazine groups is 1. The third kappa shape index (κ3) is 3.71. The standard InChI is InChI=1S/C14H20N2O3/c1-10-8-6-7-9-11(10)12(17)15-16(13(18)19-5)14(2,3)4/h6-9H,1-5H3,(H,15,17). The topological polar surface area (TPSA) is 58.6 Å². The van der Waals surface area contributed by atoms with Crippen LogP contribution in [0.4, 0.5) is 4.79 Å². The maximum atomic E-state index is 12.2. The molecule has 0 spiro atoms. The second-order valence-electron chi connectivity index (χ2n) is 5.23. The lowest BCUT2D eigenvalue weighted by molar-refractivity contribution is 0.0420. The smallest absolute Gasteiger partial charge is 0.428 e. The van der Waals surface area contributed by atoms with E-state index in [2.05, 4.69) is 10.2 Å². The Hall–Kier alpha value is -2.04. The van der Waals surface area contributed by atoms with Crippen LogP contribution in [0.3, 0.4) is 0 Å². The van der Waals surface area contributed by atoms with Crippen molar-refractivity contribution in [3.63, 3.8) is 0 Å². The van der Waals surface area contributed by atoms with Crippen LogP contribution in [0.5, 0.6) is 0 Å². The Morgan fingerprint density at radius 1 is 1.21 bits per heavy atom. The van der Waals surface area contributed by atoms with Gasteiger partial charge in [-0.15, -0.1) is 0 Å². The molecular formula is C14H20N2O3. The molecule has 5 heteroatoms. The number of carbonyl (C=O) groups is 2. The zero-order valence-electron chi connectivity index (χ0n) is 12.0. The van der Waals surface area contributed by atoms with Crippen molar-refractivity contribution in [2.24, 2.45) is 0 Å². The molecule has 0 heterocycles. The van der Waals surface area contributed by atoms with Gasteiger partial charge in [0.2, 0.25) is 0 Å². The van der Waals surface area contributed by atoms with Gasteiger partial charge in [0.15, 0.2) is 0 Å². The van der Waals surface area contributed by atoms with Crippen LogP contribution in [0.2, 0.25) is 0 Å². The number of carbonyl (C=O) groups excluding carboxylic acids is 2. The summed E-state index contributed by atoms with van der Waals surface area (Å²) in [5.41, 5.74) is 3.38. The summed E-state index contributed by atoms with van der Waals surface area (Å²) in [6.45, 7) is 7.26. The van der Waals surface area contributed by atoms with Crippen LogP contribution in [-0.2, 0) is 4.74 Å². The highest BCUT2D eigenvalue weighted by atomic mass is 16.5. The van der Waals surface area contributed by atoms with Gasteiger partial charge in [0, 0.05) is 5.56 Å². The number of nitrogens with zero attached hydrogens (tertiary/aromatic N) is 1. The number of nitrogens with one attached hydrogen (secondary N) is 1. The van der Waals surface area contributed by atoms with E-state index in [0.29, 0.717) is 5.56 Å². The van der Waals surface area contributed by atoms with E-state index in [1.54, 1.807) is 12.1 Å². The molecule has 0 radical (unpaired) electrons. The average Bonchev–Trinajstić information content (AvgIpc) is 2.34. The van der Waals surface area contributed by atoms with Crippen molar-refractivity contribution in [3.05, 3.63) is 35.4 Å². The summed E-state index contributed by atoms with van der Waals surface area (Å²) in [7, 11) is 1.28. The summed E-state index contributed by atoms with van der Waals surface area (Å²) in [5, 5.41) is 1.18. The Bertz CT molecular complexity index is 478. The lowest BCUT2D eigenvalue weighted by Crippen LogP contribution is -2.55. The molecule has 5 nitrogen and oxygen atoms in total. The van der Waals surface area contributed by atoms with Crippen molar-refractivity contribution in [2.45, 2.75) is 33.2 Å². The molecule has 1 N–H and O–H groups in total. The van der Waals surface area contributed by atoms with Crippen LogP contribution in [0.1, 0.15) is 36.7 Å². The normalized spacial score (nSPS) is 10.8. The molecule has 1 aromatic rings. The number of amides is 2. The summed E-state index contributed by atoms with van der Waals surface area (Å²) in [6.07, 6.45) is -0.602. The number of ether oxygens (including phenoxy) is 1. The quantitative estimate of drug-likeness (QED) is 0.793. The zero-order chi connectivity index (χ0) is 14.6. The summed E-state index contributed by atoms with van der Waals surface area (Å²) in [5.74, 6) is -0.335. The molecule has 1 aromatic carbocycles. The van der Waals surface area contributed by atoms with Gasteiger partial charge >= 0.3 is 6.09 Å². The number of methoxy groups -OCH3 is 1. The fraction of sp³-hybridized carbons (Fsp3) is 0.429. The van der Waals surface area contributed by atoms with Crippen LogP contribution in [0.25, 0.3) is 0 Å². The first-order chi connectivity index (χ1) is 8.77. The largest absolute Gasteiger partial charge is 0.452 e. The van der Waals surface area contributed by atoms with Gasteiger partial charge in [-0.05, 0) is 39.3 Å². The maximum absolute atomic E-state index is 12.2. The second kappa shape index (κ2) is 5.73. The van der Waals surface area contributed by atoms with E-state index < -0.39 is 11.6 Å². The molecule has 0 bridgehead atoms. The highest BCUT2D eigenvalue weighted by molar-refractivity contribution is 5.96. The summed E-state index contributed by atoms with van der Waals surface area (Å²) < 4.78 is 4.68. The first kappa shape index (κ1) is 15.0. The molecule has 0 aromatic heterocycles. The lowest BCUT2D eigenvalue weighted by Gasteiger charge is -2.34. The molecule has 0 aliphatic heterocycles. The van der Waals surface area contributed by atoms with Crippen molar-refractivity contribution in [3.8, 4) is 0 Å². The van der Waals surface area contributed by atoms with Crippen molar-refractivity contribution >= 4 is 12.0 Å². The Morgan fingerprint density at radius 3 is 2.26 bits per heavy atom. The molecule has 104 valence electrons. The van der Waals surface area contributed by atoms with Crippen molar-refractivity contribution < 1.29 is 14.3 Å². The SMILES string of the molecule is COC(=O)N(NC(=O)c1ccccc1C)C(C)(C)C. The minimum Gasteiger partial charge on any atom is -0.452 e. The number of hydrogen-bond donors (Lipinski definition) is 1. The van der Waals surface area contributed by atoms with E-state index in [0.717, 1.165) is 5.56 Å². The van der Waals surface area contributed by atoms with Gasteiger partial charge in [0.25, 0.3) is 5.91 Å². The first-order valence-corrected chi connectivity index (χ1v) is 6.02. The van der Waals surface area contributed by atoms with Gasteiger partial charge < -0.3 is 4.74 Å². The molecule has 0 fully saturated rings. The molecule has 1 rings (SSSR count). The third-order valence-corrected chi connectivity index (χ3v) is 2.63. The van der Waals surface area contributed by atoms with Crippen LogP contribution in [0.15, 0.2) is 24.3 Å². The number of hydrogen-bond acceptors (Lipinski definition) is 3. The average molecular weight is 264 g/mol. The van der Waals surface area contributed by atoms with Crippen LogP contribution in [-0.4, -0.2) is 29.7 Å². The minimum atomic E-state index is -0.602. The van der Waals surface area contributed by atoms with E-state index in [-0.39, 0.29) is 5.91 Å². The van der Waals surface area contributed by atoms with Crippen molar-refractivity contribution in [1.29, 1.82) is 0 Å². The van der Waals surface area contributed by atoms with Crippen LogP contribution in [0, 0.1) is 6.92 Å². The highest BCUT2D eigenvalue weighted by Crippen LogP contribution is 2.13. The predicted molar refractivity (Wildman–Crippen MR) is 72.6 cm³/mol.